The van der Waals surface area contributed by atoms with Gasteiger partial charge in [-0.2, -0.15) is 0 Å². The number of rotatable bonds is 5. The molecule has 3 nitrogen and oxygen atoms in total. The molecule has 3 heteroatoms. The van der Waals surface area contributed by atoms with E-state index in [0.29, 0.717) is 12.1 Å². The second-order valence-electron chi connectivity index (χ2n) is 5.19. The van der Waals surface area contributed by atoms with Crippen molar-refractivity contribution in [2.24, 2.45) is 5.92 Å². The van der Waals surface area contributed by atoms with Crippen molar-refractivity contribution in [3.05, 3.63) is 0 Å². The fraction of sp³-hybridized carbons (Fsp3) is 1.00. The predicted molar refractivity (Wildman–Crippen MR) is 64.6 cm³/mol. The monoisotopic (exact) mass is 227 g/mol. The predicted octanol–water partition coefficient (Wildman–Crippen LogP) is 1.96. The van der Waals surface area contributed by atoms with Crippen LogP contribution in [-0.2, 0) is 9.47 Å². The van der Waals surface area contributed by atoms with Gasteiger partial charge in [0.1, 0.15) is 0 Å². The van der Waals surface area contributed by atoms with E-state index in [0.717, 1.165) is 25.7 Å². The zero-order valence-corrected chi connectivity index (χ0v) is 10.4. The van der Waals surface area contributed by atoms with Gasteiger partial charge in [-0.1, -0.05) is 0 Å². The SMILES string of the molecule is COC1CCCC(NCCC2CCOC2)C1. The van der Waals surface area contributed by atoms with Crippen molar-refractivity contribution in [2.75, 3.05) is 26.9 Å². The summed E-state index contributed by atoms with van der Waals surface area (Å²) < 4.78 is 10.8. The molecule has 0 aromatic heterocycles. The van der Waals surface area contributed by atoms with Gasteiger partial charge in [0.25, 0.3) is 0 Å². The highest BCUT2D eigenvalue weighted by Crippen LogP contribution is 2.21. The van der Waals surface area contributed by atoms with Crippen LogP contribution in [-0.4, -0.2) is 39.0 Å². The Kier molecular flexibility index (Phi) is 5.07. The molecule has 1 N–H and O–H groups in total. The van der Waals surface area contributed by atoms with Crippen molar-refractivity contribution in [1.29, 1.82) is 0 Å². The Balaban J connectivity index is 1.58. The van der Waals surface area contributed by atoms with Gasteiger partial charge in [-0.3, -0.25) is 0 Å². The Bertz CT molecular complexity index is 192. The van der Waals surface area contributed by atoms with E-state index in [1.807, 2.05) is 7.11 Å². The van der Waals surface area contributed by atoms with Crippen LogP contribution in [0.4, 0.5) is 0 Å². The third-order valence-corrected chi connectivity index (χ3v) is 3.97. The minimum absolute atomic E-state index is 0.487. The molecule has 2 rings (SSSR count). The number of nitrogens with one attached hydrogen (secondary N) is 1. The third kappa shape index (κ3) is 3.72. The molecule has 0 aromatic rings. The normalized spacial score (nSPS) is 35.4. The van der Waals surface area contributed by atoms with Crippen molar-refractivity contribution >= 4 is 0 Å². The van der Waals surface area contributed by atoms with Crippen molar-refractivity contribution < 1.29 is 9.47 Å². The molecule has 1 saturated heterocycles. The van der Waals surface area contributed by atoms with Gasteiger partial charge < -0.3 is 14.8 Å². The summed E-state index contributed by atoms with van der Waals surface area (Å²) in [6.07, 6.45) is 8.08. The van der Waals surface area contributed by atoms with Crippen LogP contribution in [0.15, 0.2) is 0 Å². The largest absolute Gasteiger partial charge is 0.381 e. The van der Waals surface area contributed by atoms with Crippen LogP contribution in [0.3, 0.4) is 0 Å². The highest BCUT2D eigenvalue weighted by atomic mass is 16.5. The Morgan fingerprint density at radius 2 is 2.25 bits per heavy atom. The number of hydrogen-bond acceptors (Lipinski definition) is 3. The van der Waals surface area contributed by atoms with E-state index in [9.17, 15) is 0 Å². The number of hydrogen-bond donors (Lipinski definition) is 1. The van der Waals surface area contributed by atoms with E-state index in [-0.39, 0.29) is 0 Å². The molecular weight excluding hydrogens is 202 g/mol. The molecule has 1 saturated carbocycles. The summed E-state index contributed by atoms with van der Waals surface area (Å²) in [5.74, 6) is 0.800. The molecule has 1 aliphatic carbocycles. The maximum absolute atomic E-state index is 5.44. The lowest BCUT2D eigenvalue weighted by molar-refractivity contribution is 0.0586. The maximum Gasteiger partial charge on any atom is 0.0586 e. The van der Waals surface area contributed by atoms with Gasteiger partial charge in [-0.15, -0.1) is 0 Å². The second-order valence-corrected chi connectivity index (χ2v) is 5.19. The van der Waals surface area contributed by atoms with Crippen LogP contribution >= 0.6 is 0 Å². The average molecular weight is 227 g/mol. The summed E-state index contributed by atoms with van der Waals surface area (Å²) in [5.41, 5.74) is 0. The van der Waals surface area contributed by atoms with Gasteiger partial charge in [0.05, 0.1) is 6.10 Å². The van der Waals surface area contributed by atoms with E-state index in [1.165, 1.54) is 38.5 Å². The van der Waals surface area contributed by atoms with Crippen molar-refractivity contribution in [2.45, 2.75) is 50.7 Å². The topological polar surface area (TPSA) is 30.5 Å². The van der Waals surface area contributed by atoms with Gasteiger partial charge in [-0.25, -0.2) is 0 Å². The van der Waals surface area contributed by atoms with Gasteiger partial charge >= 0.3 is 0 Å². The molecule has 0 amide bonds. The third-order valence-electron chi connectivity index (χ3n) is 3.97. The van der Waals surface area contributed by atoms with Gasteiger partial charge in [0, 0.05) is 26.4 Å². The molecule has 0 spiro atoms. The molecule has 3 atom stereocenters. The number of methoxy groups -OCH3 is 1. The fourth-order valence-corrected chi connectivity index (χ4v) is 2.85. The molecule has 94 valence electrons. The van der Waals surface area contributed by atoms with E-state index < -0.39 is 0 Å². The Morgan fingerprint density at radius 3 is 3.00 bits per heavy atom. The average Bonchev–Trinajstić information content (AvgIpc) is 2.82. The first-order chi connectivity index (χ1) is 7.88. The lowest BCUT2D eigenvalue weighted by Crippen LogP contribution is -2.37. The smallest absolute Gasteiger partial charge is 0.0586 e. The minimum atomic E-state index is 0.487. The molecule has 0 aromatic carbocycles. The molecule has 0 radical (unpaired) electrons. The van der Waals surface area contributed by atoms with Crippen molar-refractivity contribution in [3.63, 3.8) is 0 Å². The molecule has 0 bridgehead atoms. The van der Waals surface area contributed by atoms with E-state index in [2.05, 4.69) is 5.32 Å². The van der Waals surface area contributed by atoms with Crippen LogP contribution < -0.4 is 5.32 Å². The lowest BCUT2D eigenvalue weighted by atomic mass is 9.92. The van der Waals surface area contributed by atoms with Crippen LogP contribution in [0.2, 0.25) is 0 Å². The summed E-state index contributed by atoms with van der Waals surface area (Å²) in [6, 6.07) is 0.682. The highest BCUT2D eigenvalue weighted by molar-refractivity contribution is 4.78. The molecule has 2 fully saturated rings. The van der Waals surface area contributed by atoms with Gasteiger partial charge in [0.15, 0.2) is 0 Å². The molecule has 2 aliphatic rings. The van der Waals surface area contributed by atoms with Crippen LogP contribution in [0.25, 0.3) is 0 Å². The minimum Gasteiger partial charge on any atom is -0.381 e. The molecule has 1 aliphatic heterocycles. The summed E-state index contributed by atoms with van der Waals surface area (Å²) in [7, 11) is 1.84. The molecule has 16 heavy (non-hydrogen) atoms. The Morgan fingerprint density at radius 1 is 1.31 bits per heavy atom. The number of ether oxygens (including phenoxy) is 2. The Hall–Kier alpha value is -0.120. The molecule has 1 heterocycles. The highest BCUT2D eigenvalue weighted by Gasteiger charge is 2.21. The standard InChI is InChI=1S/C13H25NO2/c1-15-13-4-2-3-12(9-13)14-7-5-11-6-8-16-10-11/h11-14H,2-10H2,1H3. The summed E-state index contributed by atoms with van der Waals surface area (Å²) in [5, 5.41) is 3.68. The van der Waals surface area contributed by atoms with Crippen LogP contribution in [0, 0.1) is 5.92 Å². The first kappa shape index (κ1) is 12.3. The van der Waals surface area contributed by atoms with Crippen LogP contribution in [0.5, 0.6) is 0 Å². The van der Waals surface area contributed by atoms with Crippen molar-refractivity contribution in [1.82, 2.24) is 5.32 Å². The zero-order valence-electron chi connectivity index (χ0n) is 10.4. The van der Waals surface area contributed by atoms with Crippen molar-refractivity contribution in [3.8, 4) is 0 Å². The fourth-order valence-electron chi connectivity index (χ4n) is 2.85. The van der Waals surface area contributed by atoms with Gasteiger partial charge in [0.2, 0.25) is 0 Å². The molecular formula is C13H25NO2. The maximum atomic E-state index is 5.44. The van der Waals surface area contributed by atoms with Gasteiger partial charge in [-0.05, 0) is 51.0 Å². The summed E-state index contributed by atoms with van der Waals surface area (Å²) in [4.78, 5) is 0. The molecule has 3 unspecified atom stereocenters. The lowest BCUT2D eigenvalue weighted by Gasteiger charge is -2.29. The van der Waals surface area contributed by atoms with E-state index >= 15 is 0 Å². The quantitative estimate of drug-likeness (QED) is 0.779. The van der Waals surface area contributed by atoms with Crippen LogP contribution in [0.1, 0.15) is 38.5 Å². The van der Waals surface area contributed by atoms with E-state index in [4.69, 9.17) is 9.47 Å². The second kappa shape index (κ2) is 6.58. The summed E-state index contributed by atoms with van der Waals surface area (Å²) in [6.45, 7) is 3.10. The zero-order chi connectivity index (χ0) is 11.2. The first-order valence-electron chi connectivity index (χ1n) is 6.72. The van der Waals surface area contributed by atoms with E-state index in [1.54, 1.807) is 0 Å². The first-order valence-corrected chi connectivity index (χ1v) is 6.72. The Labute approximate surface area is 98.9 Å². The summed E-state index contributed by atoms with van der Waals surface area (Å²) >= 11 is 0.